The highest BCUT2D eigenvalue weighted by atomic mass is 19.1. The van der Waals surface area contributed by atoms with E-state index in [4.69, 9.17) is 9.47 Å². The molecule has 0 N–H and O–H groups in total. The Hall–Kier alpha value is -1.91. The summed E-state index contributed by atoms with van der Waals surface area (Å²) in [6.45, 7) is 2.07. The fraction of sp³-hybridized carbons (Fsp3) is 0.429. The van der Waals surface area contributed by atoms with Gasteiger partial charge in [0.15, 0.2) is 17.3 Å². The predicted molar refractivity (Wildman–Crippen MR) is 67.8 cm³/mol. The van der Waals surface area contributed by atoms with Crippen molar-refractivity contribution in [2.45, 2.75) is 26.2 Å². The summed E-state index contributed by atoms with van der Waals surface area (Å²) in [5.41, 5.74) is 0.377. The van der Waals surface area contributed by atoms with Crippen molar-refractivity contribution in [1.82, 2.24) is 0 Å². The summed E-state index contributed by atoms with van der Waals surface area (Å²) in [4.78, 5) is 22.9. The van der Waals surface area contributed by atoms with Gasteiger partial charge in [0.1, 0.15) is 0 Å². The molecular formula is C14H17FO4. The number of carbonyl (C=O) groups excluding carboxylic acids is 2. The van der Waals surface area contributed by atoms with Crippen LogP contribution in [0.1, 0.15) is 36.5 Å². The lowest BCUT2D eigenvalue weighted by Crippen LogP contribution is -2.06. The molecule has 1 rings (SSSR count). The molecule has 0 saturated carbocycles. The third-order valence-electron chi connectivity index (χ3n) is 2.56. The average molecular weight is 268 g/mol. The smallest absolute Gasteiger partial charge is 0.305 e. The molecule has 4 nitrogen and oxygen atoms in total. The van der Waals surface area contributed by atoms with Crippen LogP contribution in [-0.4, -0.2) is 25.5 Å². The van der Waals surface area contributed by atoms with E-state index in [0.29, 0.717) is 18.6 Å². The van der Waals surface area contributed by atoms with Crippen LogP contribution in [0.4, 0.5) is 4.39 Å². The molecule has 0 aliphatic heterocycles. The second kappa shape index (κ2) is 7.51. The number of ketones is 1. The zero-order valence-corrected chi connectivity index (χ0v) is 11.1. The molecule has 19 heavy (non-hydrogen) atoms. The van der Waals surface area contributed by atoms with Crippen molar-refractivity contribution in [1.29, 1.82) is 0 Å². The van der Waals surface area contributed by atoms with Crippen molar-refractivity contribution in [2.75, 3.05) is 13.7 Å². The highest BCUT2D eigenvalue weighted by Gasteiger charge is 2.11. The molecule has 0 spiro atoms. The van der Waals surface area contributed by atoms with Crippen LogP contribution < -0.4 is 4.74 Å². The highest BCUT2D eigenvalue weighted by Crippen LogP contribution is 2.19. The predicted octanol–water partition coefficient (Wildman–Crippen LogP) is 2.75. The van der Waals surface area contributed by atoms with E-state index in [1.807, 2.05) is 0 Å². The Balaban J connectivity index is 2.52. The van der Waals surface area contributed by atoms with Gasteiger partial charge in [0, 0.05) is 18.4 Å². The van der Waals surface area contributed by atoms with Crippen LogP contribution in [0.5, 0.6) is 5.75 Å². The van der Waals surface area contributed by atoms with E-state index in [2.05, 4.69) is 0 Å². The van der Waals surface area contributed by atoms with Crippen LogP contribution in [0.2, 0.25) is 0 Å². The van der Waals surface area contributed by atoms with E-state index in [0.717, 1.165) is 0 Å². The van der Waals surface area contributed by atoms with Gasteiger partial charge >= 0.3 is 5.97 Å². The molecule has 5 heteroatoms. The van der Waals surface area contributed by atoms with Crippen LogP contribution >= 0.6 is 0 Å². The number of esters is 1. The minimum absolute atomic E-state index is 0.0382. The summed E-state index contributed by atoms with van der Waals surface area (Å²) in [6.07, 6.45) is 0.836. The molecule has 0 heterocycles. The SMILES string of the molecule is CCOC(=O)CCCC(=O)c1ccc(F)c(OC)c1. The lowest BCUT2D eigenvalue weighted by Gasteiger charge is -2.05. The normalized spacial score (nSPS) is 10.1. The van der Waals surface area contributed by atoms with Gasteiger partial charge in [-0.3, -0.25) is 9.59 Å². The molecule has 0 fully saturated rings. The number of Topliss-reactive ketones (excluding diaryl/α,β-unsaturated/α-hetero) is 1. The van der Waals surface area contributed by atoms with Gasteiger partial charge in [0.2, 0.25) is 0 Å². The molecule has 0 saturated heterocycles. The molecule has 0 amide bonds. The number of benzene rings is 1. The maximum atomic E-state index is 13.2. The van der Waals surface area contributed by atoms with Crippen molar-refractivity contribution in [3.05, 3.63) is 29.6 Å². The van der Waals surface area contributed by atoms with Crippen LogP contribution in [0.25, 0.3) is 0 Å². The van der Waals surface area contributed by atoms with Gasteiger partial charge in [-0.25, -0.2) is 4.39 Å². The third kappa shape index (κ3) is 4.69. The third-order valence-corrected chi connectivity index (χ3v) is 2.56. The van der Waals surface area contributed by atoms with Crippen molar-refractivity contribution < 1.29 is 23.5 Å². The number of ether oxygens (including phenoxy) is 2. The van der Waals surface area contributed by atoms with Gasteiger partial charge in [-0.2, -0.15) is 0 Å². The number of rotatable bonds is 7. The van der Waals surface area contributed by atoms with Crippen molar-refractivity contribution >= 4 is 11.8 Å². The van der Waals surface area contributed by atoms with Crippen LogP contribution in [0.3, 0.4) is 0 Å². The highest BCUT2D eigenvalue weighted by molar-refractivity contribution is 5.96. The maximum absolute atomic E-state index is 13.2. The zero-order valence-electron chi connectivity index (χ0n) is 11.1. The molecular weight excluding hydrogens is 251 g/mol. The standard InChI is InChI=1S/C14H17FO4/c1-3-19-14(17)6-4-5-12(16)10-7-8-11(15)13(9-10)18-2/h7-9H,3-6H2,1-2H3. The first-order valence-corrected chi connectivity index (χ1v) is 6.10. The lowest BCUT2D eigenvalue weighted by molar-refractivity contribution is -0.143. The Labute approximate surface area is 111 Å². The molecule has 0 atom stereocenters. The van der Waals surface area contributed by atoms with Crippen molar-refractivity contribution in [3.63, 3.8) is 0 Å². The van der Waals surface area contributed by atoms with Gasteiger partial charge in [-0.1, -0.05) is 0 Å². The van der Waals surface area contributed by atoms with E-state index in [-0.39, 0.29) is 30.3 Å². The Kier molecular flexibility index (Phi) is 5.99. The fourth-order valence-electron chi connectivity index (χ4n) is 1.60. The van der Waals surface area contributed by atoms with E-state index in [1.54, 1.807) is 6.92 Å². The van der Waals surface area contributed by atoms with E-state index in [1.165, 1.54) is 25.3 Å². The molecule has 1 aromatic carbocycles. The van der Waals surface area contributed by atoms with Gasteiger partial charge < -0.3 is 9.47 Å². The second-order valence-electron chi connectivity index (χ2n) is 3.93. The molecule has 0 radical (unpaired) electrons. The van der Waals surface area contributed by atoms with E-state index in [9.17, 15) is 14.0 Å². The molecule has 0 unspecified atom stereocenters. The molecule has 0 aliphatic rings. The van der Waals surface area contributed by atoms with Gasteiger partial charge in [0.25, 0.3) is 0 Å². The minimum Gasteiger partial charge on any atom is -0.494 e. The number of carbonyl (C=O) groups is 2. The van der Waals surface area contributed by atoms with Gasteiger partial charge in [-0.15, -0.1) is 0 Å². The Morgan fingerprint density at radius 3 is 2.63 bits per heavy atom. The number of methoxy groups -OCH3 is 1. The lowest BCUT2D eigenvalue weighted by atomic mass is 10.1. The van der Waals surface area contributed by atoms with Crippen LogP contribution in [0, 0.1) is 5.82 Å². The fourth-order valence-corrected chi connectivity index (χ4v) is 1.60. The molecule has 0 aromatic heterocycles. The molecule has 0 bridgehead atoms. The molecule has 0 aliphatic carbocycles. The first-order chi connectivity index (χ1) is 9.08. The largest absolute Gasteiger partial charge is 0.494 e. The summed E-state index contributed by atoms with van der Waals surface area (Å²) in [7, 11) is 1.34. The molecule has 1 aromatic rings. The first-order valence-electron chi connectivity index (χ1n) is 6.10. The van der Waals surface area contributed by atoms with Gasteiger partial charge in [0.05, 0.1) is 13.7 Å². The Morgan fingerprint density at radius 2 is 2.00 bits per heavy atom. The van der Waals surface area contributed by atoms with E-state index >= 15 is 0 Å². The average Bonchev–Trinajstić information content (AvgIpc) is 2.39. The Morgan fingerprint density at radius 1 is 1.26 bits per heavy atom. The quantitative estimate of drug-likeness (QED) is 0.563. The van der Waals surface area contributed by atoms with Crippen molar-refractivity contribution in [2.24, 2.45) is 0 Å². The summed E-state index contributed by atoms with van der Waals surface area (Å²) >= 11 is 0. The minimum atomic E-state index is -0.509. The summed E-state index contributed by atoms with van der Waals surface area (Å²) < 4.78 is 22.7. The topological polar surface area (TPSA) is 52.6 Å². The second-order valence-corrected chi connectivity index (χ2v) is 3.93. The van der Waals surface area contributed by atoms with Gasteiger partial charge in [-0.05, 0) is 31.5 Å². The number of hydrogen-bond donors (Lipinski definition) is 0. The first kappa shape index (κ1) is 15.1. The zero-order chi connectivity index (χ0) is 14.3. The Bertz CT molecular complexity index is 457. The van der Waals surface area contributed by atoms with Crippen LogP contribution in [0.15, 0.2) is 18.2 Å². The summed E-state index contributed by atoms with van der Waals surface area (Å²) in [6, 6.07) is 3.96. The number of halogens is 1. The number of hydrogen-bond acceptors (Lipinski definition) is 4. The summed E-state index contributed by atoms with van der Waals surface area (Å²) in [5, 5.41) is 0. The maximum Gasteiger partial charge on any atom is 0.305 e. The summed E-state index contributed by atoms with van der Waals surface area (Å²) in [5.74, 6) is -0.934. The van der Waals surface area contributed by atoms with Crippen LogP contribution in [-0.2, 0) is 9.53 Å². The van der Waals surface area contributed by atoms with E-state index < -0.39 is 5.82 Å². The monoisotopic (exact) mass is 268 g/mol. The molecule has 104 valence electrons. The van der Waals surface area contributed by atoms with Crippen molar-refractivity contribution in [3.8, 4) is 5.75 Å².